The van der Waals surface area contributed by atoms with Gasteiger partial charge in [0.05, 0.1) is 16.5 Å². The Morgan fingerprint density at radius 1 is 1.15 bits per heavy atom. The highest BCUT2D eigenvalue weighted by Crippen LogP contribution is 2.17. The lowest BCUT2D eigenvalue weighted by molar-refractivity contribution is -0.116. The Labute approximate surface area is 114 Å². The fourth-order valence-corrected chi connectivity index (χ4v) is 1.98. The Morgan fingerprint density at radius 3 is 2.65 bits per heavy atom. The molecular weight excluding hydrogens is 260 g/mol. The Kier molecular flexibility index (Phi) is 4.31. The zero-order valence-electron chi connectivity index (χ0n) is 10.9. The Bertz CT molecular complexity index is 732. The van der Waals surface area contributed by atoms with E-state index in [1.807, 2.05) is 0 Å². The van der Waals surface area contributed by atoms with Crippen molar-refractivity contribution < 1.29 is 4.79 Å². The van der Waals surface area contributed by atoms with Crippen LogP contribution in [0.25, 0.3) is 10.8 Å². The molecule has 0 fully saturated rings. The summed E-state index contributed by atoms with van der Waals surface area (Å²) < 4.78 is 0. The highest BCUT2D eigenvalue weighted by atomic mass is 16.2. The van der Waals surface area contributed by atoms with E-state index < -0.39 is 11.1 Å². The number of carbonyl (C=O) groups is 1. The van der Waals surface area contributed by atoms with Crippen molar-refractivity contribution in [2.24, 2.45) is 5.73 Å². The van der Waals surface area contributed by atoms with Crippen molar-refractivity contribution in [1.29, 1.82) is 0 Å². The molecule has 0 atom stereocenters. The number of H-pyrrole nitrogens is 2. The van der Waals surface area contributed by atoms with Gasteiger partial charge in [-0.1, -0.05) is 6.07 Å². The molecule has 0 spiro atoms. The normalized spacial score (nSPS) is 10.7. The Morgan fingerprint density at radius 2 is 1.90 bits per heavy atom. The number of benzene rings is 1. The second-order valence-corrected chi connectivity index (χ2v) is 4.43. The van der Waals surface area contributed by atoms with Crippen LogP contribution in [0.15, 0.2) is 27.8 Å². The average molecular weight is 276 g/mol. The van der Waals surface area contributed by atoms with Crippen LogP contribution in [0.2, 0.25) is 0 Å². The molecule has 1 amide bonds. The van der Waals surface area contributed by atoms with Crippen molar-refractivity contribution >= 4 is 22.4 Å². The molecule has 0 aliphatic carbocycles. The van der Waals surface area contributed by atoms with Gasteiger partial charge in [0, 0.05) is 6.42 Å². The number of fused-ring (bicyclic) bond motifs is 1. The van der Waals surface area contributed by atoms with Crippen molar-refractivity contribution in [1.82, 2.24) is 10.2 Å². The van der Waals surface area contributed by atoms with Crippen molar-refractivity contribution in [3.8, 4) is 0 Å². The van der Waals surface area contributed by atoms with Gasteiger partial charge in [-0.15, -0.1) is 0 Å². The van der Waals surface area contributed by atoms with E-state index in [1.54, 1.807) is 12.1 Å². The van der Waals surface area contributed by atoms with E-state index in [2.05, 4.69) is 15.5 Å². The van der Waals surface area contributed by atoms with Gasteiger partial charge >= 0.3 is 0 Å². The summed E-state index contributed by atoms with van der Waals surface area (Å²) in [5.41, 5.74) is 4.85. The van der Waals surface area contributed by atoms with Crippen molar-refractivity contribution in [2.45, 2.75) is 19.3 Å². The number of hydrogen-bond donors (Lipinski definition) is 4. The van der Waals surface area contributed by atoms with Crippen LogP contribution in [0.4, 0.5) is 5.69 Å². The monoisotopic (exact) mass is 276 g/mol. The van der Waals surface area contributed by atoms with Gasteiger partial charge in [-0.3, -0.25) is 24.6 Å². The molecule has 20 heavy (non-hydrogen) atoms. The highest BCUT2D eigenvalue weighted by Gasteiger charge is 2.10. The summed E-state index contributed by atoms with van der Waals surface area (Å²) in [7, 11) is 0. The molecule has 1 heterocycles. The Balaban J connectivity index is 2.31. The summed E-state index contributed by atoms with van der Waals surface area (Å²) in [6.07, 6.45) is 1.78. The molecule has 1 aromatic heterocycles. The van der Waals surface area contributed by atoms with Crippen LogP contribution in [0.5, 0.6) is 0 Å². The molecule has 7 nitrogen and oxygen atoms in total. The summed E-state index contributed by atoms with van der Waals surface area (Å²) in [5, 5.41) is 7.58. The second-order valence-electron chi connectivity index (χ2n) is 4.43. The lowest BCUT2D eigenvalue weighted by Gasteiger charge is -2.07. The first-order valence-corrected chi connectivity index (χ1v) is 6.37. The zero-order valence-corrected chi connectivity index (χ0v) is 10.9. The van der Waals surface area contributed by atoms with Gasteiger partial charge in [0.15, 0.2) is 0 Å². The number of aromatic amines is 2. The van der Waals surface area contributed by atoms with Crippen LogP contribution < -0.4 is 22.2 Å². The van der Waals surface area contributed by atoms with E-state index in [1.165, 1.54) is 6.07 Å². The fourth-order valence-electron chi connectivity index (χ4n) is 1.98. The molecule has 0 aliphatic rings. The summed E-state index contributed by atoms with van der Waals surface area (Å²) in [4.78, 5) is 35.2. The number of amides is 1. The minimum atomic E-state index is -0.447. The van der Waals surface area contributed by atoms with E-state index in [0.717, 1.165) is 6.42 Å². The van der Waals surface area contributed by atoms with E-state index >= 15 is 0 Å². The molecule has 106 valence electrons. The molecule has 0 saturated carbocycles. The van der Waals surface area contributed by atoms with Crippen molar-refractivity contribution in [2.75, 3.05) is 11.9 Å². The summed E-state index contributed by atoms with van der Waals surface area (Å²) in [5.74, 6) is -0.203. The summed E-state index contributed by atoms with van der Waals surface area (Å²) >= 11 is 0. The van der Waals surface area contributed by atoms with Gasteiger partial charge in [-0.25, -0.2) is 0 Å². The van der Waals surface area contributed by atoms with Crippen molar-refractivity contribution in [3.05, 3.63) is 38.9 Å². The molecule has 0 aliphatic heterocycles. The number of nitrogens with one attached hydrogen (secondary N) is 3. The topological polar surface area (TPSA) is 121 Å². The van der Waals surface area contributed by atoms with Crippen LogP contribution in [0.1, 0.15) is 19.3 Å². The number of nitrogens with two attached hydrogens (primary N) is 1. The number of hydrogen-bond acceptors (Lipinski definition) is 4. The van der Waals surface area contributed by atoms with Crippen LogP contribution >= 0.6 is 0 Å². The number of aromatic nitrogens is 2. The standard InChI is InChI=1S/C13H16N4O3/c14-7-2-1-6-10(18)15-9-5-3-4-8-11(9)13(20)17-16-12(8)19/h3-5H,1-2,6-7,14H2,(H,15,18)(H,16,19)(H,17,20). The number of rotatable bonds is 5. The predicted molar refractivity (Wildman–Crippen MR) is 76.7 cm³/mol. The highest BCUT2D eigenvalue weighted by molar-refractivity contribution is 6.01. The van der Waals surface area contributed by atoms with Gasteiger partial charge in [-0.2, -0.15) is 0 Å². The molecule has 0 saturated heterocycles. The Hall–Kier alpha value is -2.41. The van der Waals surface area contributed by atoms with Crippen LogP contribution in [0, 0.1) is 0 Å². The zero-order chi connectivity index (χ0) is 14.5. The average Bonchev–Trinajstić information content (AvgIpc) is 2.43. The largest absolute Gasteiger partial charge is 0.330 e. The van der Waals surface area contributed by atoms with Gasteiger partial charge in [-0.05, 0) is 31.5 Å². The number of carbonyl (C=O) groups excluding carboxylic acids is 1. The summed E-state index contributed by atoms with van der Waals surface area (Å²) in [6, 6.07) is 4.75. The minimum absolute atomic E-state index is 0.184. The molecule has 2 aromatic rings. The minimum Gasteiger partial charge on any atom is -0.330 e. The fraction of sp³-hybridized carbons (Fsp3) is 0.308. The van der Waals surface area contributed by atoms with E-state index in [4.69, 9.17) is 5.73 Å². The van der Waals surface area contributed by atoms with E-state index in [0.29, 0.717) is 25.1 Å². The molecule has 7 heteroatoms. The van der Waals surface area contributed by atoms with Crippen LogP contribution in [-0.2, 0) is 4.79 Å². The molecule has 0 bridgehead atoms. The van der Waals surface area contributed by atoms with Gasteiger partial charge < -0.3 is 11.1 Å². The first kappa shape index (κ1) is 14.0. The van der Waals surface area contributed by atoms with Gasteiger partial charge in [0.1, 0.15) is 0 Å². The molecule has 0 unspecified atom stereocenters. The molecule has 2 rings (SSSR count). The van der Waals surface area contributed by atoms with Crippen molar-refractivity contribution in [3.63, 3.8) is 0 Å². The predicted octanol–water partition coefficient (Wildman–Crippen LogP) is 0.284. The van der Waals surface area contributed by atoms with Gasteiger partial charge in [0.2, 0.25) is 5.91 Å². The smallest absolute Gasteiger partial charge is 0.272 e. The molecule has 1 aromatic carbocycles. The third kappa shape index (κ3) is 2.94. The second kappa shape index (κ2) is 6.16. The molecular formula is C13H16N4O3. The van der Waals surface area contributed by atoms with E-state index in [9.17, 15) is 14.4 Å². The maximum absolute atomic E-state index is 11.8. The lowest BCUT2D eigenvalue weighted by Crippen LogP contribution is -2.21. The number of unbranched alkanes of at least 4 members (excludes halogenated alkanes) is 1. The van der Waals surface area contributed by atoms with Gasteiger partial charge in [0.25, 0.3) is 11.1 Å². The summed E-state index contributed by atoms with van der Waals surface area (Å²) in [6.45, 7) is 0.538. The van der Waals surface area contributed by atoms with E-state index in [-0.39, 0.29) is 16.7 Å². The first-order valence-electron chi connectivity index (χ1n) is 6.37. The van der Waals surface area contributed by atoms with Crippen LogP contribution in [0.3, 0.4) is 0 Å². The maximum atomic E-state index is 11.8. The quantitative estimate of drug-likeness (QED) is 0.586. The SMILES string of the molecule is NCCCCC(=O)Nc1cccc2c(=O)[nH][nH]c(=O)c12. The van der Waals surface area contributed by atoms with Crippen LogP contribution in [-0.4, -0.2) is 22.6 Å². The lowest BCUT2D eigenvalue weighted by atomic mass is 10.1. The molecule has 5 N–H and O–H groups in total. The number of anilines is 1. The third-order valence-electron chi connectivity index (χ3n) is 2.96. The third-order valence-corrected chi connectivity index (χ3v) is 2.96. The molecule has 0 radical (unpaired) electrons. The maximum Gasteiger partial charge on any atom is 0.272 e. The first-order chi connectivity index (χ1) is 9.63.